The van der Waals surface area contributed by atoms with Crippen LogP contribution in [0.15, 0.2) is 0 Å². The molecule has 2 aliphatic carbocycles. The van der Waals surface area contributed by atoms with Crippen molar-refractivity contribution in [3.8, 4) is 0 Å². The molecule has 4 nitrogen and oxygen atoms in total. The van der Waals surface area contributed by atoms with E-state index in [2.05, 4.69) is 5.32 Å². The molecular weight excluding hydrogens is 192 g/mol. The van der Waals surface area contributed by atoms with E-state index in [0.29, 0.717) is 24.6 Å². The van der Waals surface area contributed by atoms with Crippen molar-refractivity contribution in [3.05, 3.63) is 0 Å². The van der Waals surface area contributed by atoms with E-state index in [0.717, 1.165) is 38.5 Å². The minimum Gasteiger partial charge on any atom is -0.449 e. The summed E-state index contributed by atoms with van der Waals surface area (Å²) in [6.07, 6.45) is 6.29. The second kappa shape index (κ2) is 4.84. The molecule has 0 aromatic heterocycles. The van der Waals surface area contributed by atoms with Gasteiger partial charge in [-0.3, -0.25) is 0 Å². The van der Waals surface area contributed by atoms with E-state index >= 15 is 0 Å². The first-order valence-electron chi connectivity index (χ1n) is 5.93. The van der Waals surface area contributed by atoms with Crippen LogP contribution in [0.3, 0.4) is 0 Å². The van der Waals surface area contributed by atoms with Crippen LogP contribution in [0.2, 0.25) is 0 Å². The third kappa shape index (κ3) is 3.70. The number of carbonyl (C=O) groups excluding carboxylic acids is 1. The van der Waals surface area contributed by atoms with Gasteiger partial charge in [0.05, 0.1) is 6.61 Å². The van der Waals surface area contributed by atoms with E-state index in [4.69, 9.17) is 10.5 Å². The average Bonchev–Trinajstić information content (AvgIpc) is 3.01. The highest BCUT2D eigenvalue weighted by atomic mass is 16.5. The second-order valence-electron chi connectivity index (χ2n) is 4.80. The molecule has 4 heteroatoms. The van der Waals surface area contributed by atoms with Crippen LogP contribution in [0.4, 0.5) is 4.79 Å². The van der Waals surface area contributed by atoms with Crippen molar-refractivity contribution in [3.63, 3.8) is 0 Å². The van der Waals surface area contributed by atoms with E-state index in [1.807, 2.05) is 0 Å². The Kier molecular flexibility index (Phi) is 3.46. The third-order valence-corrected chi connectivity index (χ3v) is 3.24. The van der Waals surface area contributed by atoms with Gasteiger partial charge in [-0.2, -0.15) is 0 Å². The zero-order chi connectivity index (χ0) is 10.7. The van der Waals surface area contributed by atoms with Gasteiger partial charge < -0.3 is 15.8 Å². The maximum atomic E-state index is 11.2. The highest BCUT2D eigenvalue weighted by Gasteiger charge is 2.25. The van der Waals surface area contributed by atoms with Crippen molar-refractivity contribution >= 4 is 6.09 Å². The lowest BCUT2D eigenvalue weighted by Crippen LogP contribution is -2.31. The van der Waals surface area contributed by atoms with E-state index in [1.54, 1.807) is 0 Å². The molecule has 0 unspecified atom stereocenters. The monoisotopic (exact) mass is 212 g/mol. The fraction of sp³-hybridized carbons (Fsp3) is 0.909. The number of ether oxygens (including phenoxy) is 1. The van der Waals surface area contributed by atoms with Gasteiger partial charge in [0.25, 0.3) is 0 Å². The van der Waals surface area contributed by atoms with Gasteiger partial charge >= 0.3 is 6.09 Å². The lowest BCUT2D eigenvalue weighted by Gasteiger charge is -2.25. The predicted molar refractivity (Wildman–Crippen MR) is 57.4 cm³/mol. The summed E-state index contributed by atoms with van der Waals surface area (Å²) in [6.45, 7) is 0.561. The molecule has 0 spiro atoms. The normalized spacial score (nSPS) is 31.0. The molecule has 0 aromatic carbocycles. The predicted octanol–water partition coefficient (Wildman–Crippen LogP) is 1.39. The van der Waals surface area contributed by atoms with Gasteiger partial charge in [-0.05, 0) is 44.4 Å². The van der Waals surface area contributed by atoms with Crippen LogP contribution in [0, 0.1) is 5.92 Å². The van der Waals surface area contributed by atoms with Gasteiger partial charge in [-0.25, -0.2) is 4.79 Å². The summed E-state index contributed by atoms with van der Waals surface area (Å²) < 4.78 is 5.18. The molecule has 0 saturated heterocycles. The minimum absolute atomic E-state index is 0.243. The first-order chi connectivity index (χ1) is 7.24. The topological polar surface area (TPSA) is 64.3 Å². The summed E-state index contributed by atoms with van der Waals surface area (Å²) in [5.41, 5.74) is 5.81. The van der Waals surface area contributed by atoms with Gasteiger partial charge in [0.15, 0.2) is 0 Å². The highest BCUT2D eigenvalue weighted by Crippen LogP contribution is 2.23. The Bertz CT molecular complexity index is 221. The zero-order valence-electron chi connectivity index (χ0n) is 9.08. The maximum absolute atomic E-state index is 11.2. The summed E-state index contributed by atoms with van der Waals surface area (Å²) in [4.78, 5) is 11.2. The number of alkyl carbamates (subject to hydrolysis) is 1. The number of amides is 1. The molecule has 0 atom stereocenters. The number of hydrogen-bond acceptors (Lipinski definition) is 3. The molecule has 0 bridgehead atoms. The van der Waals surface area contributed by atoms with Gasteiger partial charge in [0.1, 0.15) is 0 Å². The molecule has 2 saturated carbocycles. The average molecular weight is 212 g/mol. The van der Waals surface area contributed by atoms with E-state index in [-0.39, 0.29) is 6.09 Å². The molecule has 0 aromatic rings. The zero-order valence-corrected chi connectivity index (χ0v) is 9.08. The summed E-state index contributed by atoms with van der Waals surface area (Å²) in [5, 5.41) is 2.82. The molecule has 86 valence electrons. The SMILES string of the molecule is NC1CCC(COC(=O)NC2CC2)CC1. The number of hydrogen-bond donors (Lipinski definition) is 2. The van der Waals surface area contributed by atoms with Crippen molar-refractivity contribution in [2.75, 3.05) is 6.61 Å². The Morgan fingerprint density at radius 3 is 2.47 bits per heavy atom. The van der Waals surface area contributed by atoms with Crippen molar-refractivity contribution < 1.29 is 9.53 Å². The van der Waals surface area contributed by atoms with E-state index in [1.165, 1.54) is 0 Å². The Hall–Kier alpha value is -0.770. The van der Waals surface area contributed by atoms with Crippen molar-refractivity contribution in [2.45, 2.75) is 50.6 Å². The summed E-state index contributed by atoms with van der Waals surface area (Å²) in [7, 11) is 0. The van der Waals surface area contributed by atoms with E-state index < -0.39 is 0 Å². The van der Waals surface area contributed by atoms with Crippen LogP contribution in [-0.2, 0) is 4.74 Å². The Labute approximate surface area is 90.5 Å². The molecule has 0 heterocycles. The second-order valence-corrected chi connectivity index (χ2v) is 4.80. The first kappa shape index (κ1) is 10.7. The standard InChI is InChI=1S/C11H20N2O2/c12-9-3-1-8(2-4-9)7-15-11(14)13-10-5-6-10/h8-10H,1-7,12H2,(H,13,14). The maximum Gasteiger partial charge on any atom is 0.407 e. The van der Waals surface area contributed by atoms with Gasteiger partial charge in [0, 0.05) is 12.1 Å². The quantitative estimate of drug-likeness (QED) is 0.743. The molecular formula is C11H20N2O2. The van der Waals surface area contributed by atoms with Crippen LogP contribution >= 0.6 is 0 Å². The fourth-order valence-corrected chi connectivity index (χ4v) is 1.98. The van der Waals surface area contributed by atoms with Crippen LogP contribution in [0.25, 0.3) is 0 Å². The third-order valence-electron chi connectivity index (χ3n) is 3.24. The largest absolute Gasteiger partial charge is 0.449 e. The molecule has 1 amide bonds. The summed E-state index contributed by atoms with van der Waals surface area (Å²) in [5.74, 6) is 0.523. The number of nitrogens with two attached hydrogens (primary N) is 1. The number of nitrogens with one attached hydrogen (secondary N) is 1. The Morgan fingerprint density at radius 1 is 1.20 bits per heavy atom. The lowest BCUT2D eigenvalue weighted by molar-refractivity contribution is 0.113. The molecule has 3 N–H and O–H groups in total. The van der Waals surface area contributed by atoms with Crippen molar-refractivity contribution in [1.82, 2.24) is 5.32 Å². The minimum atomic E-state index is -0.243. The number of carbonyl (C=O) groups is 1. The van der Waals surface area contributed by atoms with Crippen molar-refractivity contribution in [1.29, 1.82) is 0 Å². The fourth-order valence-electron chi connectivity index (χ4n) is 1.98. The van der Waals surface area contributed by atoms with Crippen LogP contribution in [-0.4, -0.2) is 24.8 Å². The smallest absolute Gasteiger partial charge is 0.407 e. The van der Waals surface area contributed by atoms with Crippen LogP contribution in [0.5, 0.6) is 0 Å². The van der Waals surface area contributed by atoms with E-state index in [9.17, 15) is 4.79 Å². The molecule has 2 aliphatic rings. The highest BCUT2D eigenvalue weighted by molar-refractivity contribution is 5.67. The summed E-state index contributed by atoms with van der Waals surface area (Å²) >= 11 is 0. The van der Waals surface area contributed by atoms with Crippen molar-refractivity contribution in [2.24, 2.45) is 11.7 Å². The first-order valence-corrected chi connectivity index (χ1v) is 5.93. The van der Waals surface area contributed by atoms with Crippen LogP contribution < -0.4 is 11.1 Å². The summed E-state index contributed by atoms with van der Waals surface area (Å²) in [6, 6.07) is 0.749. The number of rotatable bonds is 3. The Morgan fingerprint density at radius 2 is 1.87 bits per heavy atom. The molecule has 2 fully saturated rings. The molecule has 0 radical (unpaired) electrons. The van der Waals surface area contributed by atoms with Gasteiger partial charge in [-0.15, -0.1) is 0 Å². The van der Waals surface area contributed by atoms with Gasteiger partial charge in [0.2, 0.25) is 0 Å². The molecule has 2 rings (SSSR count). The lowest BCUT2D eigenvalue weighted by atomic mass is 9.87. The molecule has 0 aliphatic heterocycles. The van der Waals surface area contributed by atoms with Gasteiger partial charge in [-0.1, -0.05) is 0 Å². The van der Waals surface area contributed by atoms with Crippen LogP contribution in [0.1, 0.15) is 38.5 Å². The Balaban J connectivity index is 1.58. The molecule has 15 heavy (non-hydrogen) atoms.